The van der Waals surface area contributed by atoms with E-state index in [1.54, 1.807) is 13.0 Å². The van der Waals surface area contributed by atoms with Crippen LogP contribution in [0.5, 0.6) is 0 Å². The number of allylic oxidation sites excluding steroid dienone is 1. The number of nitrogens with zero attached hydrogens (tertiary/aromatic N) is 1. The van der Waals surface area contributed by atoms with Crippen LogP contribution < -0.4 is 4.90 Å². The van der Waals surface area contributed by atoms with Crippen LogP contribution in [0.15, 0.2) is 43.0 Å². The summed E-state index contributed by atoms with van der Waals surface area (Å²) in [6, 6.07) is 6.99. The summed E-state index contributed by atoms with van der Waals surface area (Å²) in [5.41, 5.74) is -1.22. The minimum Gasteiger partial charge on any atom is -0.370 e. The van der Waals surface area contributed by atoms with Gasteiger partial charge >= 0.3 is 6.18 Å². The molecule has 1 aliphatic heterocycles. The molecule has 1 aliphatic rings. The van der Waals surface area contributed by atoms with Crippen LogP contribution >= 0.6 is 23.2 Å². The predicted octanol–water partition coefficient (Wildman–Crippen LogP) is 7.85. The third-order valence-corrected chi connectivity index (χ3v) is 6.73. The first-order valence-electron chi connectivity index (χ1n) is 9.70. The molecule has 2 aromatic carbocycles. The first kappa shape index (κ1) is 23.9. The quantitative estimate of drug-likeness (QED) is 0.313. The molecule has 2 aromatic rings. The van der Waals surface area contributed by atoms with Gasteiger partial charge < -0.3 is 4.90 Å². The third kappa shape index (κ3) is 4.42. The molecule has 1 unspecified atom stereocenters. The number of hydrogen-bond acceptors (Lipinski definition) is 1. The van der Waals surface area contributed by atoms with Gasteiger partial charge in [-0.05, 0) is 60.7 Å². The summed E-state index contributed by atoms with van der Waals surface area (Å²) in [6.45, 7) is 5.62. The van der Waals surface area contributed by atoms with Crippen molar-refractivity contribution in [2.45, 2.75) is 44.2 Å². The van der Waals surface area contributed by atoms with Crippen LogP contribution in [0, 0.1) is 6.92 Å². The number of benzene rings is 2. The van der Waals surface area contributed by atoms with E-state index in [4.69, 9.17) is 23.2 Å². The van der Waals surface area contributed by atoms with Gasteiger partial charge in [0.05, 0.1) is 0 Å². The fourth-order valence-corrected chi connectivity index (χ4v) is 4.57. The zero-order chi connectivity index (χ0) is 23.2. The van der Waals surface area contributed by atoms with Gasteiger partial charge in [-0.25, -0.2) is 8.78 Å². The fraction of sp³-hybridized carbons (Fsp3) is 0.391. The van der Waals surface area contributed by atoms with Gasteiger partial charge in [-0.15, -0.1) is 6.58 Å². The highest BCUT2D eigenvalue weighted by Crippen LogP contribution is 2.50. The van der Waals surface area contributed by atoms with Crippen molar-refractivity contribution in [1.82, 2.24) is 0 Å². The van der Waals surface area contributed by atoms with Crippen molar-refractivity contribution in [2.24, 2.45) is 0 Å². The highest BCUT2D eigenvalue weighted by molar-refractivity contribution is 6.36. The molecule has 8 heteroatoms. The monoisotopic (exact) mass is 477 g/mol. The molecular weight excluding hydrogens is 456 g/mol. The normalized spacial score (nSPS) is 19.7. The van der Waals surface area contributed by atoms with Gasteiger partial charge in [0.1, 0.15) is 5.41 Å². The SMILES string of the molecule is C=CCc1ccc(N2CCC(c3cc(Cl)c(C)c(Cl)c3)(C(F)(F)F)C2)cc1C(C)(F)F. The standard InChI is InChI=1S/C23H22Cl2F5N/c1-4-5-15-6-7-17(12-18(15)21(3,26)27)31-9-8-22(13-31,23(28,29)30)16-10-19(24)14(2)20(25)11-16/h4,6-7,10-12H,1,5,8-9,13H2,2-3H3. The second-order valence-electron chi connectivity index (χ2n) is 8.04. The highest BCUT2D eigenvalue weighted by Gasteiger charge is 2.59. The number of anilines is 1. The molecular formula is C23H22Cl2F5N. The molecule has 31 heavy (non-hydrogen) atoms. The highest BCUT2D eigenvalue weighted by atomic mass is 35.5. The number of halogens is 7. The van der Waals surface area contributed by atoms with Gasteiger partial charge in [-0.2, -0.15) is 13.2 Å². The first-order valence-corrected chi connectivity index (χ1v) is 10.5. The molecule has 1 fully saturated rings. The number of rotatable bonds is 5. The number of hydrogen-bond donors (Lipinski definition) is 0. The van der Waals surface area contributed by atoms with E-state index in [-0.39, 0.29) is 40.6 Å². The van der Waals surface area contributed by atoms with E-state index in [0.717, 1.165) is 6.92 Å². The van der Waals surface area contributed by atoms with Crippen molar-refractivity contribution in [1.29, 1.82) is 0 Å². The molecule has 168 valence electrons. The van der Waals surface area contributed by atoms with Crippen molar-refractivity contribution in [3.8, 4) is 0 Å². The van der Waals surface area contributed by atoms with Crippen molar-refractivity contribution in [3.05, 3.63) is 75.3 Å². The number of alkyl halides is 5. The molecule has 0 saturated carbocycles. The molecule has 0 radical (unpaired) electrons. The van der Waals surface area contributed by atoms with Gasteiger partial charge in [0, 0.05) is 41.3 Å². The molecule has 0 amide bonds. The maximum Gasteiger partial charge on any atom is 0.400 e. The molecule has 0 aromatic heterocycles. The summed E-state index contributed by atoms with van der Waals surface area (Å²) < 4.78 is 71.4. The summed E-state index contributed by atoms with van der Waals surface area (Å²) in [4.78, 5) is 1.49. The summed E-state index contributed by atoms with van der Waals surface area (Å²) in [6.07, 6.45) is -3.06. The van der Waals surface area contributed by atoms with E-state index >= 15 is 0 Å². The van der Waals surface area contributed by atoms with Crippen molar-refractivity contribution in [2.75, 3.05) is 18.0 Å². The second kappa shape index (κ2) is 8.28. The first-order chi connectivity index (χ1) is 14.3. The van der Waals surface area contributed by atoms with Gasteiger partial charge in [0.2, 0.25) is 0 Å². The maximum absolute atomic E-state index is 14.3. The van der Waals surface area contributed by atoms with Crippen LogP contribution in [0.3, 0.4) is 0 Å². The molecule has 0 spiro atoms. The Kier molecular flexibility index (Phi) is 6.38. The second-order valence-corrected chi connectivity index (χ2v) is 8.85. The average Bonchev–Trinajstić information content (AvgIpc) is 3.12. The smallest absolute Gasteiger partial charge is 0.370 e. The largest absolute Gasteiger partial charge is 0.400 e. The van der Waals surface area contributed by atoms with Crippen LogP contribution in [0.25, 0.3) is 0 Å². The van der Waals surface area contributed by atoms with Crippen LogP contribution in [0.2, 0.25) is 10.0 Å². The Balaban J connectivity index is 2.05. The lowest BCUT2D eigenvalue weighted by Crippen LogP contribution is -2.45. The minimum absolute atomic E-state index is 0.0209. The third-order valence-electron chi connectivity index (χ3n) is 5.94. The van der Waals surface area contributed by atoms with Gasteiger partial charge in [-0.1, -0.05) is 35.3 Å². The van der Waals surface area contributed by atoms with E-state index in [2.05, 4.69) is 6.58 Å². The Morgan fingerprint density at radius 2 is 1.71 bits per heavy atom. The molecule has 3 rings (SSSR count). The minimum atomic E-state index is -4.58. The lowest BCUT2D eigenvalue weighted by molar-refractivity contribution is -0.184. The molecule has 1 saturated heterocycles. The van der Waals surface area contributed by atoms with Crippen LogP contribution in [-0.4, -0.2) is 19.3 Å². The molecule has 1 atom stereocenters. The Morgan fingerprint density at radius 1 is 1.10 bits per heavy atom. The lowest BCUT2D eigenvalue weighted by Gasteiger charge is -2.33. The average molecular weight is 478 g/mol. The topological polar surface area (TPSA) is 3.24 Å². The van der Waals surface area contributed by atoms with Crippen LogP contribution in [0.1, 0.15) is 35.6 Å². The van der Waals surface area contributed by atoms with E-state index in [1.165, 1.54) is 35.2 Å². The van der Waals surface area contributed by atoms with E-state index in [9.17, 15) is 22.0 Å². The summed E-state index contributed by atoms with van der Waals surface area (Å²) >= 11 is 12.2. The van der Waals surface area contributed by atoms with Crippen molar-refractivity contribution in [3.63, 3.8) is 0 Å². The van der Waals surface area contributed by atoms with Crippen molar-refractivity contribution >= 4 is 28.9 Å². The molecule has 1 nitrogen and oxygen atoms in total. The van der Waals surface area contributed by atoms with E-state index < -0.39 is 24.1 Å². The molecule has 1 heterocycles. The Labute approximate surface area is 188 Å². The van der Waals surface area contributed by atoms with Crippen LogP contribution in [0.4, 0.5) is 27.6 Å². The summed E-state index contributed by atoms with van der Waals surface area (Å²) in [5.74, 6) is -3.13. The zero-order valence-electron chi connectivity index (χ0n) is 17.1. The molecule has 0 aliphatic carbocycles. The zero-order valence-corrected chi connectivity index (χ0v) is 18.6. The van der Waals surface area contributed by atoms with E-state index in [1.807, 2.05) is 0 Å². The van der Waals surface area contributed by atoms with Gasteiger partial charge in [0.25, 0.3) is 5.92 Å². The van der Waals surface area contributed by atoms with Gasteiger partial charge in [0.15, 0.2) is 0 Å². The maximum atomic E-state index is 14.3. The predicted molar refractivity (Wildman–Crippen MR) is 116 cm³/mol. The Hall–Kier alpha value is -1.79. The van der Waals surface area contributed by atoms with Crippen LogP contribution in [-0.2, 0) is 17.8 Å². The summed E-state index contributed by atoms with van der Waals surface area (Å²) in [5, 5.41) is 0.317. The van der Waals surface area contributed by atoms with Gasteiger partial charge in [-0.3, -0.25) is 0 Å². The fourth-order valence-electron chi connectivity index (χ4n) is 4.09. The Morgan fingerprint density at radius 3 is 2.23 bits per heavy atom. The molecule has 0 bridgehead atoms. The lowest BCUT2D eigenvalue weighted by atomic mass is 9.78. The van der Waals surface area contributed by atoms with E-state index in [0.29, 0.717) is 16.8 Å². The summed E-state index contributed by atoms with van der Waals surface area (Å²) in [7, 11) is 0. The van der Waals surface area contributed by atoms with Crippen molar-refractivity contribution < 1.29 is 22.0 Å². The Bertz CT molecular complexity index is 973. The molecule has 0 N–H and O–H groups in total.